The molecule has 6 heteroatoms. The topological polar surface area (TPSA) is 75.9 Å². The van der Waals surface area contributed by atoms with Crippen LogP contribution in [-0.4, -0.2) is 67.6 Å². The summed E-state index contributed by atoms with van der Waals surface area (Å²) in [6, 6.07) is 10.1. The highest BCUT2D eigenvalue weighted by molar-refractivity contribution is 5.83. The Kier molecular flexibility index (Phi) is 6.85. The molecule has 0 atom stereocenters. The van der Waals surface area contributed by atoms with Gasteiger partial charge in [0.2, 0.25) is 11.8 Å². The number of benzene rings is 1. The molecule has 0 aliphatic carbocycles. The standard InChI is InChI=1S/C21H31N3O3/c22-17-21(9-15-27-16-10-21)20(26)24-12-4-11-23(13-14-24)19(25)8-7-18-5-2-1-3-6-18/h1-3,5-6H,4,7-17,22H2. The minimum absolute atomic E-state index is 0.145. The molecular formula is C21H31N3O3. The van der Waals surface area contributed by atoms with Gasteiger partial charge in [0.15, 0.2) is 0 Å². The van der Waals surface area contributed by atoms with Gasteiger partial charge in [0, 0.05) is 52.4 Å². The smallest absolute Gasteiger partial charge is 0.230 e. The molecule has 0 spiro atoms. The second kappa shape index (κ2) is 9.33. The van der Waals surface area contributed by atoms with Gasteiger partial charge in [-0.3, -0.25) is 9.59 Å². The average molecular weight is 373 g/mol. The summed E-state index contributed by atoms with van der Waals surface area (Å²) in [4.78, 5) is 29.6. The molecule has 2 saturated heterocycles. The lowest BCUT2D eigenvalue weighted by atomic mass is 9.79. The van der Waals surface area contributed by atoms with Crippen molar-refractivity contribution >= 4 is 11.8 Å². The predicted octanol–water partition coefficient (Wildman–Crippen LogP) is 1.44. The van der Waals surface area contributed by atoms with E-state index in [1.807, 2.05) is 28.0 Å². The first kappa shape index (κ1) is 19.8. The number of nitrogens with two attached hydrogens (primary N) is 1. The van der Waals surface area contributed by atoms with Gasteiger partial charge in [0.05, 0.1) is 5.41 Å². The molecule has 2 fully saturated rings. The highest BCUT2D eigenvalue weighted by atomic mass is 16.5. The van der Waals surface area contributed by atoms with Gasteiger partial charge in [-0.05, 0) is 31.2 Å². The molecule has 2 N–H and O–H groups in total. The van der Waals surface area contributed by atoms with E-state index in [0.717, 1.165) is 19.4 Å². The highest BCUT2D eigenvalue weighted by Gasteiger charge is 2.41. The van der Waals surface area contributed by atoms with Crippen LogP contribution >= 0.6 is 0 Å². The Bertz CT molecular complexity index is 629. The molecule has 0 bridgehead atoms. The third-order valence-electron chi connectivity index (χ3n) is 5.90. The molecule has 148 valence electrons. The summed E-state index contributed by atoms with van der Waals surface area (Å²) >= 11 is 0. The Morgan fingerprint density at radius 1 is 1.00 bits per heavy atom. The number of nitrogens with zero attached hydrogens (tertiary/aromatic N) is 2. The lowest BCUT2D eigenvalue weighted by molar-refractivity contribution is -0.147. The van der Waals surface area contributed by atoms with Crippen molar-refractivity contribution < 1.29 is 14.3 Å². The van der Waals surface area contributed by atoms with Crippen molar-refractivity contribution in [1.82, 2.24) is 9.80 Å². The zero-order chi connectivity index (χ0) is 19.1. The minimum Gasteiger partial charge on any atom is -0.381 e. The number of rotatable bonds is 5. The van der Waals surface area contributed by atoms with E-state index in [0.29, 0.717) is 58.7 Å². The van der Waals surface area contributed by atoms with Gasteiger partial charge in [-0.25, -0.2) is 0 Å². The number of carbonyl (C=O) groups excluding carboxylic acids is 2. The molecule has 1 aromatic carbocycles. The van der Waals surface area contributed by atoms with Crippen LogP contribution in [0.2, 0.25) is 0 Å². The third-order valence-corrected chi connectivity index (χ3v) is 5.90. The summed E-state index contributed by atoms with van der Waals surface area (Å²) < 4.78 is 5.42. The first-order valence-corrected chi connectivity index (χ1v) is 10.0. The minimum atomic E-state index is -0.481. The van der Waals surface area contributed by atoms with E-state index in [1.165, 1.54) is 5.56 Å². The molecule has 2 amide bonds. The van der Waals surface area contributed by atoms with Crippen LogP contribution in [-0.2, 0) is 20.7 Å². The summed E-state index contributed by atoms with van der Waals surface area (Å²) in [7, 11) is 0. The Morgan fingerprint density at radius 3 is 2.37 bits per heavy atom. The van der Waals surface area contributed by atoms with Crippen molar-refractivity contribution in [1.29, 1.82) is 0 Å². The number of aryl methyl sites for hydroxylation is 1. The van der Waals surface area contributed by atoms with Crippen molar-refractivity contribution in [2.45, 2.75) is 32.1 Å². The van der Waals surface area contributed by atoms with E-state index in [9.17, 15) is 9.59 Å². The first-order valence-electron chi connectivity index (χ1n) is 10.0. The van der Waals surface area contributed by atoms with E-state index in [1.54, 1.807) is 0 Å². The number of carbonyl (C=O) groups is 2. The van der Waals surface area contributed by atoms with Gasteiger partial charge in [-0.15, -0.1) is 0 Å². The first-order chi connectivity index (χ1) is 13.1. The van der Waals surface area contributed by atoms with Crippen molar-refractivity contribution in [3.63, 3.8) is 0 Å². The molecule has 0 saturated carbocycles. The van der Waals surface area contributed by atoms with Crippen LogP contribution in [0.15, 0.2) is 30.3 Å². The SMILES string of the molecule is NCC1(C(=O)N2CCCN(C(=O)CCc3ccccc3)CC2)CCOCC1. The van der Waals surface area contributed by atoms with Crippen molar-refractivity contribution in [2.24, 2.45) is 11.1 Å². The molecule has 0 aromatic heterocycles. The quantitative estimate of drug-likeness (QED) is 0.847. The Labute approximate surface area is 161 Å². The van der Waals surface area contributed by atoms with Gasteiger partial charge in [-0.2, -0.15) is 0 Å². The van der Waals surface area contributed by atoms with Gasteiger partial charge < -0.3 is 20.3 Å². The summed E-state index contributed by atoms with van der Waals surface area (Å²) in [5.74, 6) is 0.319. The van der Waals surface area contributed by atoms with Crippen molar-refractivity contribution in [3.05, 3.63) is 35.9 Å². The number of amides is 2. The lowest BCUT2D eigenvalue weighted by Crippen LogP contribution is -2.51. The third kappa shape index (κ3) is 4.87. The van der Waals surface area contributed by atoms with Crippen molar-refractivity contribution in [2.75, 3.05) is 45.9 Å². The largest absolute Gasteiger partial charge is 0.381 e. The molecule has 2 aliphatic heterocycles. The fourth-order valence-electron chi connectivity index (χ4n) is 4.03. The molecule has 1 aromatic rings. The second-order valence-corrected chi connectivity index (χ2v) is 7.61. The average Bonchev–Trinajstić information content (AvgIpc) is 2.99. The lowest BCUT2D eigenvalue weighted by Gasteiger charge is -2.38. The van der Waals surface area contributed by atoms with Crippen LogP contribution in [0.4, 0.5) is 0 Å². The van der Waals surface area contributed by atoms with Crippen LogP contribution in [0.25, 0.3) is 0 Å². The number of hydrogen-bond acceptors (Lipinski definition) is 4. The van der Waals surface area contributed by atoms with Crippen LogP contribution in [0.3, 0.4) is 0 Å². The van der Waals surface area contributed by atoms with Gasteiger partial charge in [0.25, 0.3) is 0 Å². The number of hydrogen-bond donors (Lipinski definition) is 1. The van der Waals surface area contributed by atoms with Crippen LogP contribution < -0.4 is 5.73 Å². The molecule has 27 heavy (non-hydrogen) atoms. The molecule has 2 heterocycles. The maximum atomic E-state index is 13.1. The zero-order valence-electron chi connectivity index (χ0n) is 16.1. The fourth-order valence-corrected chi connectivity index (χ4v) is 4.03. The van der Waals surface area contributed by atoms with E-state index in [4.69, 9.17) is 10.5 Å². The second-order valence-electron chi connectivity index (χ2n) is 7.61. The molecule has 3 rings (SSSR count). The summed E-state index contributed by atoms with van der Waals surface area (Å²) in [6.45, 7) is 4.18. The highest BCUT2D eigenvalue weighted by Crippen LogP contribution is 2.32. The van der Waals surface area contributed by atoms with Crippen LogP contribution in [0.1, 0.15) is 31.2 Å². The van der Waals surface area contributed by atoms with E-state index >= 15 is 0 Å². The molecular weight excluding hydrogens is 342 g/mol. The van der Waals surface area contributed by atoms with Crippen molar-refractivity contribution in [3.8, 4) is 0 Å². The summed E-state index contributed by atoms with van der Waals surface area (Å²) in [5, 5.41) is 0. The molecule has 0 unspecified atom stereocenters. The van der Waals surface area contributed by atoms with Crippen LogP contribution in [0, 0.1) is 5.41 Å². The molecule has 0 radical (unpaired) electrons. The van der Waals surface area contributed by atoms with Gasteiger partial charge >= 0.3 is 0 Å². The number of ether oxygens (including phenoxy) is 1. The predicted molar refractivity (Wildman–Crippen MR) is 104 cm³/mol. The zero-order valence-corrected chi connectivity index (χ0v) is 16.1. The Balaban J connectivity index is 1.53. The molecule has 6 nitrogen and oxygen atoms in total. The Hall–Kier alpha value is -1.92. The van der Waals surface area contributed by atoms with Gasteiger partial charge in [-0.1, -0.05) is 30.3 Å². The summed E-state index contributed by atoms with van der Waals surface area (Å²) in [5.41, 5.74) is 6.69. The Morgan fingerprint density at radius 2 is 1.67 bits per heavy atom. The normalized spacial score (nSPS) is 20.2. The summed E-state index contributed by atoms with van der Waals surface area (Å²) in [6.07, 6.45) is 3.48. The van der Waals surface area contributed by atoms with E-state index in [-0.39, 0.29) is 11.8 Å². The maximum Gasteiger partial charge on any atom is 0.230 e. The van der Waals surface area contributed by atoms with E-state index < -0.39 is 5.41 Å². The monoisotopic (exact) mass is 373 g/mol. The fraction of sp³-hybridized carbons (Fsp3) is 0.619. The van der Waals surface area contributed by atoms with Gasteiger partial charge in [0.1, 0.15) is 0 Å². The van der Waals surface area contributed by atoms with E-state index in [2.05, 4.69) is 12.1 Å². The maximum absolute atomic E-state index is 13.1. The molecule has 2 aliphatic rings. The van der Waals surface area contributed by atoms with Crippen LogP contribution in [0.5, 0.6) is 0 Å².